The van der Waals surface area contributed by atoms with Crippen LogP contribution in [0.1, 0.15) is 35.7 Å². The summed E-state index contributed by atoms with van der Waals surface area (Å²) in [4.78, 5) is 25.4. The number of rotatable bonds is 7. The van der Waals surface area contributed by atoms with Gasteiger partial charge in [-0.05, 0) is 57.5 Å². The van der Waals surface area contributed by atoms with Crippen molar-refractivity contribution in [1.82, 2.24) is 10.2 Å². The van der Waals surface area contributed by atoms with Gasteiger partial charge in [0, 0.05) is 23.4 Å². The first-order valence-corrected chi connectivity index (χ1v) is 10.3. The highest BCUT2D eigenvalue weighted by Crippen LogP contribution is 2.30. The molecule has 30 heavy (non-hydrogen) atoms. The molecule has 1 aromatic carbocycles. The normalized spacial score (nSPS) is 17.8. The first kappa shape index (κ1) is 26.0. The van der Waals surface area contributed by atoms with Crippen LogP contribution in [-0.4, -0.2) is 59.9 Å². The summed E-state index contributed by atoms with van der Waals surface area (Å²) >= 11 is 1.47. The number of nitrogens with zero attached hydrogens (tertiary/aromatic N) is 1. The van der Waals surface area contributed by atoms with Crippen LogP contribution in [0.15, 0.2) is 35.7 Å². The lowest BCUT2D eigenvalue weighted by atomic mass is 10.1. The molecule has 10 heteroatoms. The van der Waals surface area contributed by atoms with E-state index in [-0.39, 0.29) is 17.2 Å². The quantitative estimate of drug-likeness (QED) is 0.594. The molecule has 0 saturated heterocycles. The van der Waals surface area contributed by atoms with Gasteiger partial charge in [0.2, 0.25) is 0 Å². The number of hydrogen-bond acceptors (Lipinski definition) is 5. The van der Waals surface area contributed by atoms with E-state index < -0.39 is 29.7 Å². The molecule has 1 amide bonds. The molecule has 6 nitrogen and oxygen atoms in total. The Balaban J connectivity index is 0.000000553. The van der Waals surface area contributed by atoms with Gasteiger partial charge < -0.3 is 21.1 Å². The van der Waals surface area contributed by atoms with Crippen LogP contribution >= 0.6 is 11.8 Å². The number of alkyl halides is 3. The van der Waals surface area contributed by atoms with Crippen molar-refractivity contribution >= 4 is 23.6 Å². The Labute approximate surface area is 178 Å². The number of carbonyl (C=O) groups is 2. The van der Waals surface area contributed by atoms with Crippen molar-refractivity contribution in [3.63, 3.8) is 0 Å². The molecule has 0 bridgehead atoms. The summed E-state index contributed by atoms with van der Waals surface area (Å²) in [6.07, 6.45) is -1.75. The van der Waals surface area contributed by atoms with E-state index in [0.717, 1.165) is 18.7 Å². The first-order chi connectivity index (χ1) is 14.0. The van der Waals surface area contributed by atoms with Crippen molar-refractivity contribution in [2.75, 3.05) is 20.6 Å². The fourth-order valence-electron chi connectivity index (χ4n) is 2.35. The number of allylic oxidation sites excluding steroid dienone is 1. The third kappa shape index (κ3) is 8.76. The van der Waals surface area contributed by atoms with Crippen molar-refractivity contribution in [1.29, 1.82) is 0 Å². The van der Waals surface area contributed by atoms with Crippen LogP contribution in [0.5, 0.6) is 0 Å². The lowest BCUT2D eigenvalue weighted by Gasteiger charge is -2.18. The molecule has 168 valence electrons. The summed E-state index contributed by atoms with van der Waals surface area (Å²) in [5.74, 6) is -2.04. The lowest BCUT2D eigenvalue weighted by molar-refractivity contribution is -0.139. The van der Waals surface area contributed by atoms with E-state index in [1.54, 1.807) is 0 Å². The van der Waals surface area contributed by atoms with Gasteiger partial charge in [-0.25, -0.2) is 4.79 Å². The van der Waals surface area contributed by atoms with Gasteiger partial charge >= 0.3 is 12.1 Å². The molecule has 1 aliphatic rings. The highest BCUT2D eigenvalue weighted by atomic mass is 32.2. The SMILES string of the molecule is CC(CN)N(C)C.O=C(N[C@@H](CC1CC=CS1)C(=O)O)c1cccc(C(F)(F)F)c1. The van der Waals surface area contributed by atoms with Gasteiger partial charge in [0.25, 0.3) is 5.91 Å². The molecule has 0 saturated carbocycles. The van der Waals surface area contributed by atoms with Gasteiger partial charge in [-0.3, -0.25) is 4.79 Å². The Bertz CT molecular complexity index is 733. The maximum absolute atomic E-state index is 12.7. The number of carbonyl (C=O) groups excluding carboxylic acids is 1. The van der Waals surface area contributed by atoms with Crippen molar-refractivity contribution < 1.29 is 27.9 Å². The van der Waals surface area contributed by atoms with Gasteiger partial charge in [0.05, 0.1) is 5.56 Å². The van der Waals surface area contributed by atoms with Crippen LogP contribution in [-0.2, 0) is 11.0 Å². The number of carboxylic acids is 1. The van der Waals surface area contributed by atoms with E-state index in [2.05, 4.69) is 17.1 Å². The minimum Gasteiger partial charge on any atom is -0.480 e. The van der Waals surface area contributed by atoms with Gasteiger partial charge in [-0.15, -0.1) is 11.8 Å². The molecule has 0 aromatic heterocycles. The van der Waals surface area contributed by atoms with E-state index in [9.17, 15) is 27.9 Å². The fourth-order valence-corrected chi connectivity index (χ4v) is 3.33. The van der Waals surface area contributed by atoms with E-state index in [4.69, 9.17) is 5.73 Å². The molecule has 1 aliphatic heterocycles. The molecule has 0 aliphatic carbocycles. The summed E-state index contributed by atoms with van der Waals surface area (Å²) in [6, 6.07) is 3.26. The maximum atomic E-state index is 12.7. The highest BCUT2D eigenvalue weighted by molar-refractivity contribution is 8.03. The van der Waals surface area contributed by atoms with E-state index >= 15 is 0 Å². The summed E-state index contributed by atoms with van der Waals surface area (Å²) < 4.78 is 38.0. The van der Waals surface area contributed by atoms with Crippen LogP contribution in [0.4, 0.5) is 13.2 Å². The number of aliphatic carboxylic acids is 1. The summed E-state index contributed by atoms with van der Waals surface area (Å²) in [6.45, 7) is 2.84. The van der Waals surface area contributed by atoms with Crippen LogP contribution in [0.25, 0.3) is 0 Å². The Kier molecular flexibility index (Phi) is 10.4. The van der Waals surface area contributed by atoms with E-state index in [0.29, 0.717) is 18.5 Å². The Morgan fingerprint density at radius 1 is 1.37 bits per heavy atom. The molecule has 4 N–H and O–H groups in total. The number of halogens is 3. The number of thioether (sulfide) groups is 1. The third-order valence-electron chi connectivity index (χ3n) is 4.54. The molecule has 3 atom stereocenters. The molecule has 0 radical (unpaired) electrons. The largest absolute Gasteiger partial charge is 0.480 e. The third-order valence-corrected chi connectivity index (χ3v) is 5.66. The summed E-state index contributed by atoms with van der Waals surface area (Å²) in [5.41, 5.74) is 4.16. The molecule has 0 spiro atoms. The number of nitrogens with two attached hydrogens (primary N) is 1. The number of likely N-dealkylation sites (N-methyl/N-ethyl adjacent to an activating group) is 1. The summed E-state index contributed by atoms with van der Waals surface area (Å²) in [7, 11) is 4.05. The van der Waals surface area contributed by atoms with Crippen LogP contribution in [0.3, 0.4) is 0 Å². The number of hydrogen-bond donors (Lipinski definition) is 3. The highest BCUT2D eigenvalue weighted by Gasteiger charge is 2.31. The average Bonchev–Trinajstić information content (AvgIpc) is 3.19. The van der Waals surface area contributed by atoms with Gasteiger partial charge in [-0.2, -0.15) is 13.2 Å². The van der Waals surface area contributed by atoms with Crippen molar-refractivity contribution in [3.8, 4) is 0 Å². The molecule has 0 fully saturated rings. The number of carboxylic acid groups (broad SMARTS) is 1. The van der Waals surface area contributed by atoms with Crippen molar-refractivity contribution in [2.45, 2.75) is 43.3 Å². The predicted octanol–water partition coefficient (Wildman–Crippen LogP) is 3.19. The van der Waals surface area contributed by atoms with Crippen LogP contribution < -0.4 is 11.1 Å². The molecular weight excluding hydrogens is 419 g/mol. The van der Waals surface area contributed by atoms with Gasteiger partial charge in [0.15, 0.2) is 0 Å². The Morgan fingerprint density at radius 2 is 2.03 bits per heavy atom. The van der Waals surface area contributed by atoms with Gasteiger partial charge in [-0.1, -0.05) is 12.1 Å². The molecule has 2 unspecified atom stereocenters. The lowest BCUT2D eigenvalue weighted by Crippen LogP contribution is -2.42. The fraction of sp³-hybridized carbons (Fsp3) is 0.500. The van der Waals surface area contributed by atoms with Crippen LogP contribution in [0, 0.1) is 0 Å². The zero-order chi connectivity index (χ0) is 22.9. The maximum Gasteiger partial charge on any atom is 0.416 e. The topological polar surface area (TPSA) is 95.7 Å². The molecule has 1 heterocycles. The number of benzene rings is 1. The second-order valence-electron chi connectivity index (χ2n) is 7.09. The summed E-state index contributed by atoms with van der Waals surface area (Å²) in [5, 5.41) is 13.4. The number of nitrogens with one attached hydrogen (secondary N) is 1. The molecule has 2 rings (SSSR count). The zero-order valence-electron chi connectivity index (χ0n) is 17.1. The van der Waals surface area contributed by atoms with E-state index in [1.807, 2.05) is 25.6 Å². The van der Waals surface area contributed by atoms with Crippen molar-refractivity contribution in [2.24, 2.45) is 5.73 Å². The number of amides is 1. The van der Waals surface area contributed by atoms with E-state index in [1.165, 1.54) is 17.8 Å². The Hall–Kier alpha value is -2.04. The Morgan fingerprint density at radius 3 is 2.47 bits per heavy atom. The average molecular weight is 448 g/mol. The van der Waals surface area contributed by atoms with Crippen LogP contribution in [0.2, 0.25) is 0 Å². The first-order valence-electron chi connectivity index (χ1n) is 9.33. The monoisotopic (exact) mass is 447 g/mol. The smallest absolute Gasteiger partial charge is 0.416 e. The second-order valence-corrected chi connectivity index (χ2v) is 8.30. The van der Waals surface area contributed by atoms with Gasteiger partial charge in [0.1, 0.15) is 6.04 Å². The minimum atomic E-state index is -4.56. The second kappa shape index (κ2) is 12.0. The predicted molar refractivity (Wildman–Crippen MR) is 112 cm³/mol. The zero-order valence-corrected chi connectivity index (χ0v) is 18.0. The van der Waals surface area contributed by atoms with Crippen molar-refractivity contribution in [3.05, 3.63) is 46.9 Å². The standard InChI is InChI=1S/C15H14F3NO3S.C5H14N2/c16-15(17,18)10-4-1-3-9(7-10)13(20)19-12(14(21)22)8-11-5-2-6-23-11;1-5(4-6)7(2)3/h1-4,6-7,11-12H,5,8H2,(H,19,20)(H,21,22);5H,4,6H2,1-3H3/t11?,12-;/m0./s1. The molecular formula is C20H28F3N3O3S. The molecule has 1 aromatic rings. The minimum absolute atomic E-state index is 0.0397.